The molecule has 0 N–H and O–H groups in total. The second-order valence-corrected chi connectivity index (χ2v) is 5.65. The summed E-state index contributed by atoms with van der Waals surface area (Å²) >= 11 is 1.21. The van der Waals surface area contributed by atoms with Gasteiger partial charge in [-0.3, -0.25) is 4.79 Å². The monoisotopic (exact) mass is 302 g/mol. The second kappa shape index (κ2) is 5.01. The Morgan fingerprint density at radius 3 is 2.30 bits per heavy atom. The summed E-state index contributed by atoms with van der Waals surface area (Å²) in [4.78, 5) is 13.5. The summed E-state index contributed by atoms with van der Waals surface area (Å²) in [6, 6.07) is 4.09. The Labute approximate surface area is 116 Å². The third kappa shape index (κ3) is 2.75. The second-order valence-electron chi connectivity index (χ2n) is 4.39. The Balaban J connectivity index is 2.49. The Hall–Kier alpha value is -1.69. The van der Waals surface area contributed by atoms with Crippen LogP contribution in [0, 0.1) is 19.7 Å². The lowest BCUT2D eigenvalue weighted by atomic mass is 10.0. The highest BCUT2D eigenvalue weighted by Crippen LogP contribution is 2.33. The molecule has 0 aliphatic carbocycles. The maximum atomic E-state index is 13.2. The molecule has 106 valence electrons. The highest BCUT2D eigenvalue weighted by molar-refractivity contribution is 7.14. The van der Waals surface area contributed by atoms with Crippen molar-refractivity contribution in [2.45, 2.75) is 20.0 Å². The third-order valence-electron chi connectivity index (χ3n) is 2.78. The zero-order valence-electron chi connectivity index (χ0n) is 10.6. The number of hydrogen-bond donors (Lipinski definition) is 0. The van der Waals surface area contributed by atoms with Gasteiger partial charge in [-0.05, 0) is 43.7 Å². The van der Waals surface area contributed by atoms with Crippen LogP contribution >= 0.6 is 11.3 Å². The number of carbonyl (C=O) groups is 1. The topological polar surface area (TPSA) is 17.1 Å². The average Bonchev–Trinajstić information content (AvgIpc) is 2.66. The van der Waals surface area contributed by atoms with Crippen LogP contribution in [0.4, 0.5) is 17.6 Å². The molecule has 2 rings (SSSR count). The third-order valence-corrected chi connectivity index (χ3v) is 3.93. The van der Waals surface area contributed by atoms with E-state index in [0.717, 1.165) is 10.9 Å². The van der Waals surface area contributed by atoms with Crippen molar-refractivity contribution in [2.24, 2.45) is 0 Å². The highest BCUT2D eigenvalue weighted by atomic mass is 32.1. The van der Waals surface area contributed by atoms with Crippen molar-refractivity contribution < 1.29 is 22.4 Å². The van der Waals surface area contributed by atoms with Crippen molar-refractivity contribution in [3.63, 3.8) is 0 Å². The van der Waals surface area contributed by atoms with Gasteiger partial charge >= 0.3 is 6.18 Å². The van der Waals surface area contributed by atoms with E-state index in [1.807, 2.05) is 0 Å². The summed E-state index contributed by atoms with van der Waals surface area (Å²) in [5, 5.41) is 0. The Kier molecular flexibility index (Phi) is 3.69. The molecular weight excluding hydrogens is 292 g/mol. The first kappa shape index (κ1) is 14.7. The molecule has 20 heavy (non-hydrogen) atoms. The smallest absolute Gasteiger partial charge is 0.288 e. The van der Waals surface area contributed by atoms with E-state index in [-0.39, 0.29) is 5.56 Å². The van der Waals surface area contributed by atoms with Gasteiger partial charge in [-0.25, -0.2) is 4.39 Å². The fraction of sp³-hybridized carbons (Fsp3) is 0.214. The van der Waals surface area contributed by atoms with Gasteiger partial charge in [-0.2, -0.15) is 13.2 Å². The summed E-state index contributed by atoms with van der Waals surface area (Å²) in [6.45, 7) is 3.52. The van der Waals surface area contributed by atoms with Crippen molar-refractivity contribution in [1.82, 2.24) is 0 Å². The maximum absolute atomic E-state index is 13.2. The molecule has 1 aromatic carbocycles. The Morgan fingerprint density at radius 1 is 1.15 bits per heavy atom. The van der Waals surface area contributed by atoms with E-state index in [0.29, 0.717) is 22.6 Å². The standard InChI is InChI=1S/C14H10F4OS/c1-7-5-8(2)20-13(7)12(19)9-3-4-11(15)10(6-9)14(16,17)18/h3-6H,1-2H3. The fourth-order valence-corrected chi connectivity index (χ4v) is 2.87. The van der Waals surface area contributed by atoms with Gasteiger partial charge in [0.1, 0.15) is 5.82 Å². The molecule has 0 saturated heterocycles. The minimum atomic E-state index is -4.82. The lowest BCUT2D eigenvalue weighted by Gasteiger charge is -2.09. The summed E-state index contributed by atoms with van der Waals surface area (Å²) in [7, 11) is 0. The average molecular weight is 302 g/mol. The van der Waals surface area contributed by atoms with E-state index in [1.54, 1.807) is 19.9 Å². The van der Waals surface area contributed by atoms with Gasteiger partial charge in [0.15, 0.2) is 0 Å². The predicted molar refractivity (Wildman–Crippen MR) is 68.6 cm³/mol. The molecule has 0 amide bonds. The molecule has 0 fully saturated rings. The maximum Gasteiger partial charge on any atom is 0.419 e. The Bertz CT molecular complexity index is 670. The Morgan fingerprint density at radius 2 is 1.80 bits per heavy atom. The molecule has 0 atom stereocenters. The molecule has 0 aliphatic rings. The molecule has 0 unspecified atom stereocenters. The lowest BCUT2D eigenvalue weighted by molar-refractivity contribution is -0.140. The molecular formula is C14H10F4OS. The fourth-order valence-electron chi connectivity index (χ4n) is 1.88. The number of aryl methyl sites for hydroxylation is 2. The zero-order chi connectivity index (χ0) is 15.1. The molecule has 1 aromatic heterocycles. The number of thiophene rings is 1. The van der Waals surface area contributed by atoms with Crippen molar-refractivity contribution in [3.05, 3.63) is 56.5 Å². The van der Waals surface area contributed by atoms with Crippen LogP contribution in [0.2, 0.25) is 0 Å². The van der Waals surface area contributed by atoms with E-state index in [2.05, 4.69) is 0 Å². The van der Waals surface area contributed by atoms with E-state index in [4.69, 9.17) is 0 Å². The molecule has 0 spiro atoms. The van der Waals surface area contributed by atoms with E-state index < -0.39 is 23.3 Å². The number of carbonyl (C=O) groups excluding carboxylic acids is 1. The van der Waals surface area contributed by atoms with Crippen molar-refractivity contribution in [3.8, 4) is 0 Å². The van der Waals surface area contributed by atoms with Crippen LogP contribution in [0.25, 0.3) is 0 Å². The summed E-state index contributed by atoms with van der Waals surface area (Å²) in [6.07, 6.45) is -4.82. The summed E-state index contributed by atoms with van der Waals surface area (Å²) < 4.78 is 51.1. The molecule has 0 aliphatic heterocycles. The largest absolute Gasteiger partial charge is 0.419 e. The SMILES string of the molecule is Cc1cc(C)c(C(=O)c2ccc(F)c(C(F)(F)F)c2)s1. The van der Waals surface area contributed by atoms with E-state index in [1.165, 1.54) is 11.3 Å². The first-order valence-corrected chi connectivity index (χ1v) is 6.50. The van der Waals surface area contributed by atoms with Crippen LogP contribution in [0.15, 0.2) is 24.3 Å². The molecule has 1 heterocycles. The predicted octanol–water partition coefficient (Wildman–Crippen LogP) is 4.75. The van der Waals surface area contributed by atoms with Crippen LogP contribution in [0.1, 0.15) is 31.2 Å². The van der Waals surface area contributed by atoms with E-state index in [9.17, 15) is 22.4 Å². The lowest BCUT2D eigenvalue weighted by Crippen LogP contribution is -2.10. The molecule has 2 aromatic rings. The normalized spacial score (nSPS) is 11.7. The molecule has 0 bridgehead atoms. The summed E-state index contributed by atoms with van der Waals surface area (Å²) in [5.41, 5.74) is -0.881. The van der Waals surface area contributed by atoms with Crippen molar-refractivity contribution >= 4 is 17.1 Å². The number of hydrogen-bond acceptors (Lipinski definition) is 2. The number of ketones is 1. The van der Waals surface area contributed by atoms with Crippen molar-refractivity contribution in [1.29, 1.82) is 0 Å². The molecule has 0 radical (unpaired) electrons. The van der Waals surface area contributed by atoms with E-state index >= 15 is 0 Å². The van der Waals surface area contributed by atoms with Crippen LogP contribution in [-0.4, -0.2) is 5.78 Å². The quantitative estimate of drug-likeness (QED) is 0.578. The molecule has 1 nitrogen and oxygen atoms in total. The summed E-state index contributed by atoms with van der Waals surface area (Å²) in [5.74, 6) is -1.90. The number of alkyl halides is 3. The van der Waals surface area contributed by atoms with Gasteiger partial charge in [0, 0.05) is 10.4 Å². The first-order chi connectivity index (χ1) is 9.20. The van der Waals surface area contributed by atoms with Gasteiger partial charge in [0.25, 0.3) is 0 Å². The number of rotatable bonds is 2. The van der Waals surface area contributed by atoms with Crippen LogP contribution < -0.4 is 0 Å². The zero-order valence-corrected chi connectivity index (χ0v) is 11.5. The van der Waals surface area contributed by atoms with Crippen LogP contribution in [-0.2, 0) is 6.18 Å². The number of halogens is 4. The number of benzene rings is 1. The highest BCUT2D eigenvalue weighted by Gasteiger charge is 2.34. The van der Waals surface area contributed by atoms with Crippen LogP contribution in [0.3, 0.4) is 0 Å². The van der Waals surface area contributed by atoms with Gasteiger partial charge < -0.3 is 0 Å². The molecule has 0 saturated carbocycles. The van der Waals surface area contributed by atoms with Crippen LogP contribution in [0.5, 0.6) is 0 Å². The van der Waals surface area contributed by atoms with Gasteiger partial charge in [-0.1, -0.05) is 0 Å². The van der Waals surface area contributed by atoms with Gasteiger partial charge in [0.05, 0.1) is 10.4 Å². The minimum Gasteiger partial charge on any atom is -0.288 e. The van der Waals surface area contributed by atoms with Crippen molar-refractivity contribution in [2.75, 3.05) is 0 Å². The van der Waals surface area contributed by atoms with Gasteiger partial charge in [0.2, 0.25) is 5.78 Å². The minimum absolute atomic E-state index is 0.163. The molecule has 6 heteroatoms. The van der Waals surface area contributed by atoms with Gasteiger partial charge in [-0.15, -0.1) is 11.3 Å². The first-order valence-electron chi connectivity index (χ1n) is 5.68.